The Morgan fingerprint density at radius 1 is 1.39 bits per heavy atom. The third kappa shape index (κ3) is 3.46. The van der Waals surface area contributed by atoms with E-state index in [1.807, 2.05) is 24.4 Å². The first kappa shape index (κ1) is 15.8. The molecule has 0 aromatic carbocycles. The van der Waals surface area contributed by atoms with Gasteiger partial charge in [0.2, 0.25) is 7.98 Å². The Hall–Kier alpha value is -2.11. The van der Waals surface area contributed by atoms with Crippen LogP contribution in [0.15, 0.2) is 63.6 Å². The van der Waals surface area contributed by atoms with E-state index in [1.54, 1.807) is 15.8 Å². The Morgan fingerprint density at radius 3 is 2.91 bits per heavy atom. The van der Waals surface area contributed by atoms with Crippen molar-refractivity contribution >= 4 is 36.7 Å². The third-order valence-electron chi connectivity index (χ3n) is 3.74. The molecule has 0 unspecified atom stereocenters. The van der Waals surface area contributed by atoms with E-state index in [-0.39, 0.29) is 0 Å². The summed E-state index contributed by atoms with van der Waals surface area (Å²) < 4.78 is 1.62. The van der Waals surface area contributed by atoms with E-state index in [9.17, 15) is 0 Å². The van der Waals surface area contributed by atoms with Crippen molar-refractivity contribution in [1.29, 1.82) is 0 Å². The zero-order valence-corrected chi connectivity index (χ0v) is 13.9. The van der Waals surface area contributed by atoms with Crippen molar-refractivity contribution in [2.75, 3.05) is 6.54 Å². The van der Waals surface area contributed by atoms with Gasteiger partial charge in [0.15, 0.2) is 0 Å². The van der Waals surface area contributed by atoms with Gasteiger partial charge in [-0.25, -0.2) is 4.99 Å². The molecule has 0 amide bonds. The van der Waals surface area contributed by atoms with Crippen molar-refractivity contribution in [3.8, 4) is 0 Å². The number of nitrogens with zero attached hydrogens (tertiary/aromatic N) is 2. The highest BCUT2D eigenvalue weighted by atomic mass is 32.1. The third-order valence-corrected chi connectivity index (χ3v) is 4.44. The van der Waals surface area contributed by atoms with E-state index in [0.717, 1.165) is 34.7 Å². The summed E-state index contributed by atoms with van der Waals surface area (Å²) in [5, 5.41) is 4.18. The normalized spacial score (nSPS) is 16.8. The van der Waals surface area contributed by atoms with Crippen molar-refractivity contribution < 1.29 is 0 Å². The minimum absolute atomic E-state index is 0.562. The van der Waals surface area contributed by atoms with Crippen LogP contribution in [0.3, 0.4) is 0 Å². The standard InChI is InChI=1S/C18H18BN3S/c1-13-11-15(5-4-14-7-10-23-12-14)21-18(13)16(6-8-20)17-3-2-9-22(17)19/h2-5,7,9-12H,6,8,20H2,1H3. The lowest BCUT2D eigenvalue weighted by atomic mass is 10.0. The molecule has 0 fully saturated rings. The molecule has 0 aliphatic carbocycles. The number of aliphatic imine (C=N–C) groups is 1. The minimum Gasteiger partial charge on any atom is -0.403 e. The van der Waals surface area contributed by atoms with Crippen LogP contribution in [0.25, 0.3) is 11.6 Å². The molecule has 1 aliphatic heterocycles. The Balaban J connectivity index is 1.97. The zero-order valence-electron chi connectivity index (χ0n) is 13.1. The zero-order chi connectivity index (χ0) is 16.2. The summed E-state index contributed by atoms with van der Waals surface area (Å²) in [7, 11) is 6.00. The Kier molecular flexibility index (Phi) is 4.79. The molecule has 3 nitrogen and oxygen atoms in total. The van der Waals surface area contributed by atoms with E-state index >= 15 is 0 Å². The highest BCUT2D eigenvalue weighted by Gasteiger charge is 2.16. The largest absolute Gasteiger partial charge is 0.403 e. The Labute approximate surface area is 142 Å². The lowest BCUT2D eigenvalue weighted by molar-refractivity contribution is 0.997. The highest BCUT2D eigenvalue weighted by Crippen LogP contribution is 2.30. The van der Waals surface area contributed by atoms with Gasteiger partial charge in [-0.15, -0.1) is 0 Å². The molecule has 114 valence electrons. The molecule has 3 rings (SSSR count). The van der Waals surface area contributed by atoms with Gasteiger partial charge in [0.05, 0.1) is 11.4 Å². The molecule has 0 saturated carbocycles. The minimum atomic E-state index is 0.562. The number of allylic oxidation sites excluding steroid dienone is 3. The van der Waals surface area contributed by atoms with E-state index < -0.39 is 0 Å². The topological polar surface area (TPSA) is 43.3 Å². The van der Waals surface area contributed by atoms with Crippen LogP contribution < -0.4 is 5.73 Å². The van der Waals surface area contributed by atoms with Crippen LogP contribution in [0.4, 0.5) is 0 Å². The Morgan fingerprint density at radius 2 is 2.26 bits per heavy atom. The van der Waals surface area contributed by atoms with Gasteiger partial charge in [-0.1, -0.05) is 6.08 Å². The quantitative estimate of drug-likeness (QED) is 0.840. The maximum absolute atomic E-state index is 6.00. The van der Waals surface area contributed by atoms with Gasteiger partial charge in [0.1, 0.15) is 0 Å². The molecule has 3 heterocycles. The summed E-state index contributed by atoms with van der Waals surface area (Å²) in [5.41, 5.74) is 12.1. The second kappa shape index (κ2) is 6.98. The lowest BCUT2D eigenvalue weighted by Crippen LogP contribution is -2.05. The molecule has 0 saturated heterocycles. The Bertz CT molecular complexity index is 807. The van der Waals surface area contributed by atoms with E-state index in [2.05, 4.69) is 35.9 Å². The first-order chi connectivity index (χ1) is 11.2. The van der Waals surface area contributed by atoms with Crippen LogP contribution in [0.2, 0.25) is 0 Å². The summed E-state index contributed by atoms with van der Waals surface area (Å²) in [6.45, 7) is 2.64. The highest BCUT2D eigenvalue weighted by molar-refractivity contribution is 7.08. The first-order valence-electron chi connectivity index (χ1n) is 7.52. The molecule has 23 heavy (non-hydrogen) atoms. The van der Waals surface area contributed by atoms with E-state index in [4.69, 9.17) is 18.7 Å². The molecule has 0 spiro atoms. The monoisotopic (exact) mass is 319 g/mol. The number of thiophene rings is 1. The summed E-state index contributed by atoms with van der Waals surface area (Å²) in [5.74, 6) is 0. The summed E-state index contributed by atoms with van der Waals surface area (Å²) in [4.78, 5) is 4.78. The van der Waals surface area contributed by atoms with Gasteiger partial charge in [0, 0.05) is 11.3 Å². The number of rotatable bonds is 5. The van der Waals surface area contributed by atoms with Crippen LogP contribution in [-0.4, -0.2) is 24.7 Å². The van der Waals surface area contributed by atoms with Crippen LogP contribution in [0.1, 0.15) is 24.6 Å². The first-order valence-corrected chi connectivity index (χ1v) is 8.47. The molecule has 2 radical (unpaired) electrons. The van der Waals surface area contributed by atoms with Crippen molar-refractivity contribution in [1.82, 2.24) is 4.48 Å². The fourth-order valence-corrected chi connectivity index (χ4v) is 3.27. The number of hydrogen-bond acceptors (Lipinski definition) is 3. The average molecular weight is 319 g/mol. The molecule has 5 heteroatoms. The van der Waals surface area contributed by atoms with Gasteiger partial charge < -0.3 is 10.2 Å². The van der Waals surface area contributed by atoms with Gasteiger partial charge >= 0.3 is 0 Å². The molecule has 2 aromatic rings. The number of aromatic nitrogens is 1. The van der Waals surface area contributed by atoms with Crippen LogP contribution >= 0.6 is 11.3 Å². The van der Waals surface area contributed by atoms with Crippen LogP contribution in [-0.2, 0) is 0 Å². The predicted octanol–water partition coefficient (Wildman–Crippen LogP) is 3.66. The van der Waals surface area contributed by atoms with Crippen molar-refractivity contribution in [3.05, 3.63) is 69.8 Å². The fourth-order valence-electron chi connectivity index (χ4n) is 2.64. The van der Waals surface area contributed by atoms with Gasteiger partial charge in [0.25, 0.3) is 0 Å². The summed E-state index contributed by atoms with van der Waals surface area (Å²) in [6, 6.07) is 6.02. The van der Waals surface area contributed by atoms with E-state index in [1.165, 1.54) is 5.56 Å². The second-order valence-corrected chi connectivity index (χ2v) is 6.20. The fraction of sp³-hybridized carbons (Fsp3) is 0.167. The second-order valence-electron chi connectivity index (χ2n) is 5.42. The maximum Gasteiger partial charge on any atom is 0.234 e. The summed E-state index contributed by atoms with van der Waals surface area (Å²) >= 11 is 1.69. The molecule has 1 aliphatic rings. The molecule has 0 bridgehead atoms. The SMILES string of the molecule is [B]n1cccc1C(CCN)=C1N=C(C=Cc2ccsc2)C=C1C. The van der Waals surface area contributed by atoms with Gasteiger partial charge in [-0.2, -0.15) is 11.3 Å². The molecule has 0 atom stereocenters. The predicted molar refractivity (Wildman–Crippen MR) is 101 cm³/mol. The molecular weight excluding hydrogens is 301 g/mol. The molecule has 2 aromatic heterocycles. The van der Waals surface area contributed by atoms with Crippen LogP contribution in [0.5, 0.6) is 0 Å². The maximum atomic E-state index is 6.00. The van der Waals surface area contributed by atoms with Gasteiger partial charge in [-0.3, -0.25) is 0 Å². The summed E-state index contributed by atoms with van der Waals surface area (Å²) in [6.07, 6.45) is 8.79. The number of nitrogens with two attached hydrogens (primary N) is 1. The van der Waals surface area contributed by atoms with Crippen LogP contribution in [0, 0.1) is 0 Å². The number of hydrogen-bond donors (Lipinski definition) is 1. The van der Waals surface area contributed by atoms with E-state index in [0.29, 0.717) is 6.54 Å². The average Bonchev–Trinajstić information content (AvgIpc) is 3.25. The van der Waals surface area contributed by atoms with Crippen molar-refractivity contribution in [2.45, 2.75) is 13.3 Å². The smallest absolute Gasteiger partial charge is 0.234 e. The van der Waals surface area contributed by atoms with Crippen molar-refractivity contribution in [2.24, 2.45) is 10.7 Å². The molecule has 2 N–H and O–H groups in total. The van der Waals surface area contributed by atoms with Crippen molar-refractivity contribution in [3.63, 3.8) is 0 Å². The lowest BCUT2D eigenvalue weighted by Gasteiger charge is -2.11. The van der Waals surface area contributed by atoms with Gasteiger partial charge in [-0.05, 0) is 78.3 Å². The molecular formula is C18H18BN3S.